The number of nitrogens with one attached hydrogen (secondary N) is 3. The average molecular weight is 516 g/mol. The van der Waals surface area contributed by atoms with Gasteiger partial charge >= 0.3 is 6.03 Å². The molecule has 0 fully saturated rings. The summed E-state index contributed by atoms with van der Waals surface area (Å²) in [5.41, 5.74) is 2.29. The molecule has 36 heavy (non-hydrogen) atoms. The first kappa shape index (κ1) is 27.9. The summed E-state index contributed by atoms with van der Waals surface area (Å²) in [5.74, 6) is -0.605. The van der Waals surface area contributed by atoms with E-state index in [1.807, 2.05) is 26.0 Å². The zero-order chi connectivity index (χ0) is 26.1. The normalized spacial score (nSPS) is 21.1. The predicted octanol–water partition coefficient (Wildman–Crippen LogP) is 3.72. The Kier molecular flexibility index (Phi) is 10.5. The average Bonchev–Trinajstić information content (AvgIpc) is 3.17. The highest BCUT2D eigenvalue weighted by Crippen LogP contribution is 2.34. The molecule has 3 N–H and O–H groups in total. The van der Waals surface area contributed by atoms with Gasteiger partial charge in [-0.15, -0.1) is 0 Å². The lowest BCUT2D eigenvalue weighted by Gasteiger charge is -2.22. The lowest BCUT2D eigenvalue weighted by atomic mass is 9.93. The molecule has 2 heterocycles. The maximum atomic E-state index is 13.1. The Hall–Kier alpha value is -2.68. The minimum absolute atomic E-state index is 0.0191. The maximum Gasteiger partial charge on any atom is 0.322 e. The topological polar surface area (TPSA) is 107 Å². The van der Waals surface area contributed by atoms with Gasteiger partial charge in [-0.25, -0.2) is 9.37 Å². The molecule has 0 spiro atoms. The number of benzene rings is 1. The van der Waals surface area contributed by atoms with Crippen LogP contribution in [0.1, 0.15) is 70.8 Å². The second-order valence-electron chi connectivity index (χ2n) is 10.1. The van der Waals surface area contributed by atoms with Crippen LogP contribution in [0.3, 0.4) is 0 Å². The van der Waals surface area contributed by atoms with Crippen LogP contribution in [-0.2, 0) is 14.4 Å². The van der Waals surface area contributed by atoms with Crippen molar-refractivity contribution in [1.29, 1.82) is 0 Å². The first-order chi connectivity index (χ1) is 17.2. The van der Waals surface area contributed by atoms with E-state index in [2.05, 4.69) is 38.9 Å². The van der Waals surface area contributed by atoms with Crippen molar-refractivity contribution in [3.8, 4) is 0 Å². The number of hydrogen-bond donors (Lipinski definition) is 3. The quantitative estimate of drug-likeness (QED) is 0.501. The summed E-state index contributed by atoms with van der Waals surface area (Å²) in [5, 5.41) is 8.07. The number of urea groups is 1. The fraction of sp³-hybridized carbons (Fsp3) is 0.593. The Morgan fingerprint density at radius 2 is 1.89 bits per heavy atom. The number of imide groups is 1. The van der Waals surface area contributed by atoms with Gasteiger partial charge in [0, 0.05) is 43.2 Å². The molecule has 9 heteroatoms. The van der Waals surface area contributed by atoms with E-state index in [9.17, 15) is 19.2 Å². The van der Waals surface area contributed by atoms with Crippen LogP contribution >= 0.6 is 11.8 Å². The van der Waals surface area contributed by atoms with Gasteiger partial charge in [0.15, 0.2) is 11.3 Å². The molecule has 0 aromatic heterocycles. The standard InChI is InChI=1S/C27H38N4O4S/c1-18(2)14-21(17-36-19(3)32)25(33)30-27(35)29-23-15-20-16-31(24-11-7-6-10-22(20)24)13-9-5-4-8-12-28-26(23)34/h6-7,10-11,16,18,20-21,23H,4-5,8-9,12-15,17H2,1-3H3,(H2-,28,29,30,33,34,35)/p+1/t20?,21?,23-/m0/s1. The minimum atomic E-state index is -0.789. The van der Waals surface area contributed by atoms with Crippen LogP contribution in [0.2, 0.25) is 0 Å². The SMILES string of the molecule is CC(=O)SCC(CC(C)C)C(=O)NC(=O)N[C@H]1CC2C=[N+](CCCCCCNC1=O)c1ccccc12. The van der Waals surface area contributed by atoms with Gasteiger partial charge in [0.1, 0.15) is 12.6 Å². The smallest absolute Gasteiger partial charge is 0.322 e. The van der Waals surface area contributed by atoms with Crippen molar-refractivity contribution < 1.29 is 23.8 Å². The van der Waals surface area contributed by atoms with E-state index in [0.717, 1.165) is 55.2 Å². The molecule has 4 amide bonds. The van der Waals surface area contributed by atoms with Crippen molar-refractivity contribution >= 4 is 46.6 Å². The zero-order valence-electron chi connectivity index (χ0n) is 21.5. The summed E-state index contributed by atoms with van der Waals surface area (Å²) in [7, 11) is 0. The van der Waals surface area contributed by atoms with Gasteiger partial charge in [0.05, 0.1) is 5.92 Å². The molecule has 2 aliphatic rings. The van der Waals surface area contributed by atoms with Gasteiger partial charge in [0.2, 0.25) is 17.5 Å². The molecule has 3 rings (SSSR count). The largest absolute Gasteiger partial charge is 0.354 e. The minimum Gasteiger partial charge on any atom is -0.354 e. The van der Waals surface area contributed by atoms with Gasteiger partial charge in [-0.05, 0) is 31.6 Å². The van der Waals surface area contributed by atoms with Gasteiger partial charge in [0.25, 0.3) is 0 Å². The Morgan fingerprint density at radius 1 is 1.14 bits per heavy atom. The lowest BCUT2D eigenvalue weighted by Crippen LogP contribution is -2.52. The monoisotopic (exact) mass is 515 g/mol. The van der Waals surface area contributed by atoms with Crippen LogP contribution in [0.25, 0.3) is 0 Å². The highest BCUT2D eigenvalue weighted by molar-refractivity contribution is 8.13. The van der Waals surface area contributed by atoms with Crippen molar-refractivity contribution in [3.05, 3.63) is 29.8 Å². The number of nitrogens with zero attached hydrogens (tertiary/aromatic N) is 1. The van der Waals surface area contributed by atoms with E-state index < -0.39 is 23.9 Å². The van der Waals surface area contributed by atoms with Crippen LogP contribution in [0.5, 0.6) is 0 Å². The number of para-hydroxylation sites is 1. The number of thioether (sulfide) groups is 1. The van der Waals surface area contributed by atoms with E-state index in [-0.39, 0.29) is 22.9 Å². The summed E-state index contributed by atoms with van der Waals surface area (Å²) in [6.45, 7) is 6.94. The van der Waals surface area contributed by atoms with E-state index in [1.165, 1.54) is 6.92 Å². The van der Waals surface area contributed by atoms with Gasteiger partial charge in [-0.3, -0.25) is 19.7 Å². The molecule has 0 saturated heterocycles. The highest BCUT2D eigenvalue weighted by atomic mass is 32.2. The van der Waals surface area contributed by atoms with Crippen molar-refractivity contribution in [2.75, 3.05) is 18.8 Å². The Balaban J connectivity index is 1.72. The van der Waals surface area contributed by atoms with Gasteiger partial charge in [-0.1, -0.05) is 50.2 Å². The molecule has 0 saturated carbocycles. The molecule has 0 aliphatic carbocycles. The van der Waals surface area contributed by atoms with Crippen molar-refractivity contribution in [2.45, 2.75) is 71.3 Å². The number of hydrogen-bond acceptors (Lipinski definition) is 5. The van der Waals surface area contributed by atoms with Crippen molar-refractivity contribution in [3.63, 3.8) is 0 Å². The van der Waals surface area contributed by atoms with Crippen LogP contribution in [0.4, 0.5) is 10.5 Å². The molecular weight excluding hydrogens is 476 g/mol. The van der Waals surface area contributed by atoms with Crippen molar-refractivity contribution in [1.82, 2.24) is 16.0 Å². The van der Waals surface area contributed by atoms with Crippen LogP contribution in [0, 0.1) is 11.8 Å². The molecule has 1 aromatic carbocycles. The molecular formula is C27H39N4O4S+. The van der Waals surface area contributed by atoms with Crippen LogP contribution < -0.4 is 16.0 Å². The molecule has 0 radical (unpaired) electrons. The summed E-state index contributed by atoms with van der Waals surface area (Å²) in [4.78, 5) is 50.2. The lowest BCUT2D eigenvalue weighted by molar-refractivity contribution is -0.433. The maximum absolute atomic E-state index is 13.1. The molecule has 8 nitrogen and oxygen atoms in total. The van der Waals surface area contributed by atoms with Gasteiger partial charge < -0.3 is 10.6 Å². The number of carbonyl (C=O) groups is 4. The summed E-state index contributed by atoms with van der Waals surface area (Å²) in [6.07, 6.45) is 7.21. The number of rotatable bonds is 6. The predicted molar refractivity (Wildman–Crippen MR) is 143 cm³/mol. The summed E-state index contributed by atoms with van der Waals surface area (Å²) in [6, 6.07) is 6.71. The van der Waals surface area contributed by atoms with Crippen LogP contribution in [-0.4, -0.2) is 58.6 Å². The van der Waals surface area contributed by atoms with Crippen molar-refractivity contribution in [2.24, 2.45) is 11.8 Å². The zero-order valence-corrected chi connectivity index (χ0v) is 22.4. The molecule has 3 atom stereocenters. The summed E-state index contributed by atoms with van der Waals surface area (Å²) < 4.78 is 2.26. The fourth-order valence-corrected chi connectivity index (χ4v) is 5.57. The number of amides is 4. The first-order valence-electron chi connectivity index (χ1n) is 13.0. The number of carbonyl (C=O) groups excluding carboxylic acids is 4. The third-order valence-corrected chi connectivity index (χ3v) is 7.57. The fourth-order valence-electron chi connectivity index (χ4n) is 4.85. The van der Waals surface area contributed by atoms with E-state index in [0.29, 0.717) is 25.1 Å². The molecule has 2 bridgehead atoms. The Morgan fingerprint density at radius 3 is 2.64 bits per heavy atom. The second-order valence-corrected chi connectivity index (χ2v) is 11.3. The molecule has 196 valence electrons. The second kappa shape index (κ2) is 13.6. The molecule has 1 aromatic rings. The molecule has 2 unspecified atom stereocenters. The van der Waals surface area contributed by atoms with E-state index in [1.54, 1.807) is 0 Å². The summed E-state index contributed by atoms with van der Waals surface area (Å²) >= 11 is 1.08. The Labute approximate surface area is 218 Å². The first-order valence-corrected chi connectivity index (χ1v) is 14.0. The van der Waals surface area contributed by atoms with E-state index in [4.69, 9.17) is 0 Å². The third-order valence-electron chi connectivity index (χ3n) is 6.59. The number of fused-ring (bicyclic) bond motifs is 4. The third kappa shape index (κ3) is 8.18. The Bertz CT molecular complexity index is 994. The highest BCUT2D eigenvalue weighted by Gasteiger charge is 2.35. The molecule has 2 aliphatic heterocycles. The van der Waals surface area contributed by atoms with Crippen LogP contribution in [0.15, 0.2) is 24.3 Å². The van der Waals surface area contributed by atoms with E-state index >= 15 is 0 Å². The van der Waals surface area contributed by atoms with Gasteiger partial charge in [-0.2, -0.15) is 0 Å².